The predicted molar refractivity (Wildman–Crippen MR) is 147 cm³/mol. The number of nitrogens with zero attached hydrogens (tertiary/aromatic N) is 2. The topological polar surface area (TPSA) is 115 Å². The number of methoxy groups -OCH3 is 1. The number of pyridine rings is 1. The van der Waals surface area contributed by atoms with E-state index in [2.05, 4.69) is 10.3 Å². The molecule has 2 heterocycles. The number of hydrogen-bond donors (Lipinski definition) is 1. The molecule has 0 aliphatic carbocycles. The number of ether oxygens (including phenoxy) is 2. The van der Waals surface area contributed by atoms with Crippen molar-refractivity contribution in [3.05, 3.63) is 84.4 Å². The zero-order chi connectivity index (χ0) is 27.4. The quantitative estimate of drug-likeness (QED) is 0.325. The summed E-state index contributed by atoms with van der Waals surface area (Å²) in [4.78, 5) is 30.4. The van der Waals surface area contributed by atoms with Gasteiger partial charge in [0.25, 0.3) is 5.91 Å². The van der Waals surface area contributed by atoms with E-state index in [9.17, 15) is 18.0 Å². The lowest BCUT2D eigenvalue weighted by Crippen LogP contribution is -2.27. The average molecular weight is 546 g/mol. The number of aromatic nitrogens is 1. The minimum atomic E-state index is -3.54. The Kier molecular flexibility index (Phi) is 7.58. The Hall–Kier alpha value is -4.28. The molecule has 1 fully saturated rings. The van der Waals surface area contributed by atoms with Crippen molar-refractivity contribution >= 4 is 38.5 Å². The monoisotopic (exact) mass is 545 g/mol. The number of anilines is 1. The fourth-order valence-electron chi connectivity index (χ4n) is 4.45. The molecular formula is C29H27N3O6S. The first-order valence-electron chi connectivity index (χ1n) is 12.5. The van der Waals surface area contributed by atoms with Crippen LogP contribution < -0.4 is 10.1 Å². The fraction of sp³-hybridized carbons (Fsp3) is 0.207. The van der Waals surface area contributed by atoms with Crippen LogP contribution in [0.1, 0.15) is 23.2 Å². The summed E-state index contributed by atoms with van der Waals surface area (Å²) in [6, 6.07) is 22.1. The first-order chi connectivity index (χ1) is 18.8. The zero-order valence-corrected chi connectivity index (χ0v) is 22.1. The summed E-state index contributed by atoms with van der Waals surface area (Å²) in [5.41, 5.74) is 2.68. The van der Waals surface area contributed by atoms with E-state index < -0.39 is 28.5 Å². The normalized spacial score (nSPS) is 13.8. The minimum absolute atomic E-state index is 0.172. The first kappa shape index (κ1) is 26.3. The highest BCUT2D eigenvalue weighted by Crippen LogP contribution is 2.27. The number of amides is 1. The second-order valence-corrected chi connectivity index (χ2v) is 11.0. The van der Waals surface area contributed by atoms with Gasteiger partial charge in [-0.05, 0) is 73.5 Å². The van der Waals surface area contributed by atoms with Gasteiger partial charge in [0, 0.05) is 29.7 Å². The number of para-hydroxylation sites is 1. The number of carbonyl (C=O) groups excluding carboxylic acids is 2. The molecule has 9 nitrogen and oxygen atoms in total. The van der Waals surface area contributed by atoms with E-state index in [0.717, 1.165) is 18.4 Å². The lowest BCUT2D eigenvalue weighted by Gasteiger charge is -2.15. The van der Waals surface area contributed by atoms with Crippen LogP contribution >= 0.6 is 0 Å². The molecule has 0 unspecified atom stereocenters. The van der Waals surface area contributed by atoms with Crippen molar-refractivity contribution in [2.75, 3.05) is 32.1 Å². The lowest BCUT2D eigenvalue weighted by molar-refractivity contribution is -0.119. The Bertz CT molecular complexity index is 1610. The van der Waals surface area contributed by atoms with Crippen molar-refractivity contribution in [1.82, 2.24) is 9.29 Å². The summed E-state index contributed by atoms with van der Waals surface area (Å²) in [6.45, 7) is 0.516. The number of benzene rings is 3. The van der Waals surface area contributed by atoms with Crippen LogP contribution in [-0.2, 0) is 19.6 Å². The van der Waals surface area contributed by atoms with E-state index >= 15 is 0 Å². The zero-order valence-electron chi connectivity index (χ0n) is 21.3. The highest BCUT2D eigenvalue weighted by Gasteiger charge is 2.27. The Labute approximate surface area is 226 Å². The molecule has 1 aliphatic heterocycles. The maximum Gasteiger partial charge on any atom is 0.339 e. The van der Waals surface area contributed by atoms with E-state index in [4.69, 9.17) is 9.47 Å². The third-order valence-corrected chi connectivity index (χ3v) is 8.41. The van der Waals surface area contributed by atoms with Gasteiger partial charge in [0.1, 0.15) is 5.75 Å². The Morgan fingerprint density at radius 3 is 2.33 bits per heavy atom. The lowest BCUT2D eigenvalue weighted by atomic mass is 10.0. The summed E-state index contributed by atoms with van der Waals surface area (Å²) >= 11 is 0. The molecule has 0 bridgehead atoms. The average Bonchev–Trinajstić information content (AvgIpc) is 3.52. The van der Waals surface area contributed by atoms with Gasteiger partial charge < -0.3 is 14.8 Å². The van der Waals surface area contributed by atoms with Crippen LogP contribution in [0.15, 0.2) is 83.8 Å². The number of carbonyl (C=O) groups is 2. The van der Waals surface area contributed by atoms with Crippen molar-refractivity contribution in [3.8, 4) is 17.0 Å². The Balaban J connectivity index is 1.27. The van der Waals surface area contributed by atoms with Gasteiger partial charge in [-0.2, -0.15) is 4.31 Å². The number of nitrogens with one attached hydrogen (secondary N) is 1. The SMILES string of the molecule is COc1ccc(-c2cc(C(=O)OCC(=O)Nc3ccc(S(=O)(=O)N4CCCC4)cc3)c3ccccc3n2)cc1. The Morgan fingerprint density at radius 1 is 0.949 bits per heavy atom. The summed E-state index contributed by atoms with van der Waals surface area (Å²) in [7, 11) is -1.96. The molecule has 200 valence electrons. The maximum absolute atomic E-state index is 13.1. The molecule has 1 aromatic heterocycles. The third kappa shape index (κ3) is 5.76. The van der Waals surface area contributed by atoms with Crippen LogP contribution in [0.4, 0.5) is 5.69 Å². The van der Waals surface area contributed by atoms with Gasteiger partial charge in [-0.25, -0.2) is 18.2 Å². The molecular weight excluding hydrogens is 518 g/mol. The van der Waals surface area contributed by atoms with E-state index in [1.165, 1.54) is 28.6 Å². The standard InChI is InChI=1S/C29H27N3O6S/c1-37-22-12-8-20(9-13-22)27-18-25(24-6-2-3-7-26(24)31-27)29(34)38-19-28(33)30-21-10-14-23(15-11-21)39(35,36)32-16-4-5-17-32/h2-3,6-15,18H,4-5,16-17,19H2,1H3,(H,30,33). The van der Waals surface area contributed by atoms with Crippen LogP contribution in [0.2, 0.25) is 0 Å². The molecule has 39 heavy (non-hydrogen) atoms. The van der Waals surface area contributed by atoms with E-state index in [-0.39, 0.29) is 10.5 Å². The number of esters is 1. The van der Waals surface area contributed by atoms with Gasteiger partial charge in [-0.3, -0.25) is 4.79 Å². The molecule has 5 rings (SSSR count). The molecule has 1 aliphatic rings. The molecule has 0 radical (unpaired) electrons. The van der Waals surface area contributed by atoms with Gasteiger partial charge in [-0.1, -0.05) is 18.2 Å². The molecule has 0 saturated carbocycles. The predicted octanol–water partition coefficient (Wildman–Crippen LogP) is 4.49. The van der Waals surface area contributed by atoms with Gasteiger partial charge in [-0.15, -0.1) is 0 Å². The molecule has 1 N–H and O–H groups in total. The second kappa shape index (κ2) is 11.2. The first-order valence-corrected chi connectivity index (χ1v) is 13.9. The summed E-state index contributed by atoms with van der Waals surface area (Å²) in [5, 5.41) is 3.24. The minimum Gasteiger partial charge on any atom is -0.497 e. The number of rotatable bonds is 8. The van der Waals surface area contributed by atoms with E-state index in [1.54, 1.807) is 31.4 Å². The summed E-state index contributed by atoms with van der Waals surface area (Å²) in [6.07, 6.45) is 1.70. The van der Waals surface area contributed by atoms with Crippen molar-refractivity contribution in [2.45, 2.75) is 17.7 Å². The van der Waals surface area contributed by atoms with Gasteiger partial charge in [0.2, 0.25) is 10.0 Å². The molecule has 0 atom stereocenters. The van der Waals surface area contributed by atoms with Crippen LogP contribution in [0.3, 0.4) is 0 Å². The van der Waals surface area contributed by atoms with Crippen molar-refractivity contribution in [3.63, 3.8) is 0 Å². The van der Waals surface area contributed by atoms with Crippen molar-refractivity contribution < 1.29 is 27.5 Å². The highest BCUT2D eigenvalue weighted by molar-refractivity contribution is 7.89. The number of hydrogen-bond acceptors (Lipinski definition) is 7. The number of sulfonamides is 1. The van der Waals surface area contributed by atoms with E-state index in [1.807, 2.05) is 30.3 Å². The molecule has 10 heteroatoms. The van der Waals surface area contributed by atoms with Gasteiger partial charge in [0.05, 0.1) is 28.8 Å². The van der Waals surface area contributed by atoms with Crippen LogP contribution in [0, 0.1) is 0 Å². The molecule has 1 saturated heterocycles. The second-order valence-electron chi connectivity index (χ2n) is 9.06. The largest absolute Gasteiger partial charge is 0.497 e. The fourth-order valence-corrected chi connectivity index (χ4v) is 5.96. The maximum atomic E-state index is 13.1. The molecule has 1 amide bonds. The molecule has 4 aromatic rings. The van der Waals surface area contributed by atoms with Crippen LogP contribution in [0.25, 0.3) is 22.2 Å². The number of fused-ring (bicyclic) bond motifs is 1. The highest BCUT2D eigenvalue weighted by atomic mass is 32.2. The third-order valence-electron chi connectivity index (χ3n) is 6.50. The van der Waals surface area contributed by atoms with Crippen molar-refractivity contribution in [2.24, 2.45) is 0 Å². The molecule has 3 aromatic carbocycles. The Morgan fingerprint density at radius 2 is 1.64 bits per heavy atom. The van der Waals surface area contributed by atoms with Gasteiger partial charge in [0.15, 0.2) is 6.61 Å². The molecule has 0 spiro atoms. The van der Waals surface area contributed by atoms with Crippen molar-refractivity contribution in [1.29, 1.82) is 0 Å². The van der Waals surface area contributed by atoms with Gasteiger partial charge >= 0.3 is 5.97 Å². The summed E-state index contributed by atoms with van der Waals surface area (Å²) in [5.74, 6) is -0.508. The summed E-state index contributed by atoms with van der Waals surface area (Å²) < 4.78 is 37.4. The van der Waals surface area contributed by atoms with E-state index in [0.29, 0.717) is 41.1 Å². The van der Waals surface area contributed by atoms with Crippen LogP contribution in [0.5, 0.6) is 5.75 Å². The van der Waals surface area contributed by atoms with Crippen LogP contribution in [-0.4, -0.2) is 56.4 Å². The smallest absolute Gasteiger partial charge is 0.339 e.